The van der Waals surface area contributed by atoms with Crippen molar-refractivity contribution in [2.75, 3.05) is 20.3 Å². The van der Waals surface area contributed by atoms with E-state index in [1.807, 2.05) is 44.2 Å². The SMILES string of the molecule is C=CC[C@H](C(=O)NO)[C@@H](CC(C)C)C(=O)N[C@@H](Cc1ccccc1)C(=O)OCCOC. The van der Waals surface area contributed by atoms with Crippen molar-refractivity contribution in [3.05, 3.63) is 48.6 Å². The molecular formula is C23H34N2O6. The number of benzene rings is 1. The van der Waals surface area contributed by atoms with Gasteiger partial charge in [0.2, 0.25) is 11.8 Å². The van der Waals surface area contributed by atoms with Crippen molar-refractivity contribution >= 4 is 17.8 Å². The van der Waals surface area contributed by atoms with E-state index in [0.29, 0.717) is 6.42 Å². The van der Waals surface area contributed by atoms with Crippen LogP contribution in [0.3, 0.4) is 0 Å². The summed E-state index contributed by atoms with van der Waals surface area (Å²) in [6.45, 7) is 7.82. The highest BCUT2D eigenvalue weighted by Crippen LogP contribution is 2.25. The second-order valence-corrected chi connectivity index (χ2v) is 7.75. The molecule has 0 spiro atoms. The molecule has 0 heterocycles. The third kappa shape index (κ3) is 9.31. The first-order chi connectivity index (χ1) is 14.8. The maximum Gasteiger partial charge on any atom is 0.329 e. The number of esters is 1. The van der Waals surface area contributed by atoms with Gasteiger partial charge in [0.05, 0.1) is 18.4 Å². The fourth-order valence-electron chi connectivity index (χ4n) is 3.33. The molecule has 8 heteroatoms. The second kappa shape index (κ2) is 14.3. The number of nitrogens with one attached hydrogen (secondary N) is 2. The molecule has 0 aliphatic rings. The van der Waals surface area contributed by atoms with Crippen LogP contribution in [0.5, 0.6) is 0 Å². The Bertz CT molecular complexity index is 707. The van der Waals surface area contributed by atoms with Crippen molar-refractivity contribution in [1.82, 2.24) is 10.8 Å². The first-order valence-corrected chi connectivity index (χ1v) is 10.4. The molecule has 0 radical (unpaired) electrons. The number of hydrogen-bond donors (Lipinski definition) is 3. The predicted molar refractivity (Wildman–Crippen MR) is 116 cm³/mol. The lowest BCUT2D eigenvalue weighted by Gasteiger charge is -2.27. The van der Waals surface area contributed by atoms with E-state index in [2.05, 4.69) is 11.9 Å². The molecule has 0 aliphatic carbocycles. The van der Waals surface area contributed by atoms with Crippen molar-refractivity contribution in [3.63, 3.8) is 0 Å². The number of rotatable bonds is 14. The molecule has 2 amide bonds. The lowest BCUT2D eigenvalue weighted by atomic mass is 9.82. The molecule has 172 valence electrons. The minimum Gasteiger partial charge on any atom is -0.462 e. The molecule has 1 rings (SSSR count). The Morgan fingerprint density at radius 2 is 1.77 bits per heavy atom. The Morgan fingerprint density at radius 3 is 2.32 bits per heavy atom. The number of methoxy groups -OCH3 is 1. The zero-order valence-corrected chi connectivity index (χ0v) is 18.5. The highest BCUT2D eigenvalue weighted by Gasteiger charge is 2.35. The van der Waals surface area contributed by atoms with E-state index >= 15 is 0 Å². The van der Waals surface area contributed by atoms with Crippen LogP contribution in [0.15, 0.2) is 43.0 Å². The van der Waals surface area contributed by atoms with Gasteiger partial charge < -0.3 is 14.8 Å². The van der Waals surface area contributed by atoms with Gasteiger partial charge in [-0.25, -0.2) is 10.3 Å². The fraction of sp³-hybridized carbons (Fsp3) is 0.522. The molecule has 0 saturated heterocycles. The molecule has 0 aromatic heterocycles. The Hall–Kier alpha value is -2.71. The third-order valence-corrected chi connectivity index (χ3v) is 4.83. The van der Waals surface area contributed by atoms with Crippen LogP contribution in [0.1, 0.15) is 32.3 Å². The maximum absolute atomic E-state index is 13.2. The van der Waals surface area contributed by atoms with Gasteiger partial charge in [-0.3, -0.25) is 14.8 Å². The van der Waals surface area contributed by atoms with E-state index in [1.165, 1.54) is 13.2 Å². The number of carbonyl (C=O) groups excluding carboxylic acids is 3. The maximum atomic E-state index is 13.2. The second-order valence-electron chi connectivity index (χ2n) is 7.75. The van der Waals surface area contributed by atoms with Crippen LogP contribution in [0, 0.1) is 17.8 Å². The number of ether oxygens (including phenoxy) is 2. The van der Waals surface area contributed by atoms with E-state index in [-0.39, 0.29) is 32.0 Å². The molecule has 3 atom stereocenters. The van der Waals surface area contributed by atoms with Gasteiger partial charge in [0.25, 0.3) is 0 Å². The van der Waals surface area contributed by atoms with E-state index in [0.717, 1.165) is 5.56 Å². The normalized spacial score (nSPS) is 13.7. The minimum absolute atomic E-state index is 0.0674. The lowest BCUT2D eigenvalue weighted by molar-refractivity contribution is -0.150. The van der Waals surface area contributed by atoms with E-state index in [9.17, 15) is 14.4 Å². The third-order valence-electron chi connectivity index (χ3n) is 4.83. The van der Waals surface area contributed by atoms with Crippen molar-refractivity contribution < 1.29 is 29.1 Å². The summed E-state index contributed by atoms with van der Waals surface area (Å²) in [5.41, 5.74) is 2.49. The van der Waals surface area contributed by atoms with Crippen LogP contribution in [0.25, 0.3) is 0 Å². The summed E-state index contributed by atoms with van der Waals surface area (Å²) in [4.78, 5) is 38.1. The summed E-state index contributed by atoms with van der Waals surface area (Å²) in [7, 11) is 1.50. The number of allylic oxidation sites excluding steroid dienone is 1. The molecule has 1 aromatic carbocycles. The quantitative estimate of drug-likeness (QED) is 0.136. The summed E-state index contributed by atoms with van der Waals surface area (Å²) in [5.74, 6) is -3.15. The molecule has 31 heavy (non-hydrogen) atoms. The van der Waals surface area contributed by atoms with Crippen LogP contribution < -0.4 is 10.8 Å². The van der Waals surface area contributed by atoms with E-state index in [1.54, 1.807) is 5.48 Å². The molecule has 3 N–H and O–H groups in total. The number of carbonyl (C=O) groups is 3. The number of hydrogen-bond acceptors (Lipinski definition) is 6. The summed E-state index contributed by atoms with van der Waals surface area (Å²) < 4.78 is 10.1. The molecule has 0 unspecified atom stereocenters. The highest BCUT2D eigenvalue weighted by atomic mass is 16.6. The van der Waals surface area contributed by atoms with Gasteiger partial charge in [0.15, 0.2) is 0 Å². The average molecular weight is 435 g/mol. The smallest absolute Gasteiger partial charge is 0.329 e. The predicted octanol–water partition coefficient (Wildman–Crippen LogP) is 2.26. The van der Waals surface area contributed by atoms with Gasteiger partial charge in [-0.15, -0.1) is 6.58 Å². The molecule has 0 bridgehead atoms. The zero-order valence-electron chi connectivity index (χ0n) is 18.5. The topological polar surface area (TPSA) is 114 Å². The Kier molecular flexibility index (Phi) is 12.2. The van der Waals surface area contributed by atoms with E-state index in [4.69, 9.17) is 14.7 Å². The highest BCUT2D eigenvalue weighted by molar-refractivity contribution is 5.90. The van der Waals surface area contributed by atoms with Crippen LogP contribution in [-0.4, -0.2) is 49.4 Å². The Labute approximate surface area is 184 Å². The van der Waals surface area contributed by atoms with Crippen molar-refractivity contribution in [2.24, 2.45) is 17.8 Å². The first-order valence-electron chi connectivity index (χ1n) is 10.4. The number of amides is 2. The zero-order chi connectivity index (χ0) is 23.2. The molecule has 1 aromatic rings. The summed E-state index contributed by atoms with van der Waals surface area (Å²) in [6.07, 6.45) is 2.37. The lowest BCUT2D eigenvalue weighted by Crippen LogP contribution is -2.49. The van der Waals surface area contributed by atoms with Crippen LogP contribution >= 0.6 is 0 Å². The number of hydroxylamine groups is 1. The summed E-state index contributed by atoms with van der Waals surface area (Å²) >= 11 is 0. The van der Waals surface area contributed by atoms with Gasteiger partial charge in [0.1, 0.15) is 12.6 Å². The fourth-order valence-corrected chi connectivity index (χ4v) is 3.33. The van der Waals surface area contributed by atoms with Gasteiger partial charge in [-0.2, -0.15) is 0 Å². The van der Waals surface area contributed by atoms with Gasteiger partial charge >= 0.3 is 5.97 Å². The van der Waals surface area contributed by atoms with Gasteiger partial charge in [0, 0.05) is 13.5 Å². The Balaban J connectivity index is 3.09. The Morgan fingerprint density at radius 1 is 1.10 bits per heavy atom. The largest absolute Gasteiger partial charge is 0.462 e. The molecule has 0 fully saturated rings. The van der Waals surface area contributed by atoms with Crippen molar-refractivity contribution in [3.8, 4) is 0 Å². The van der Waals surface area contributed by atoms with Crippen LogP contribution in [-0.2, 0) is 30.3 Å². The van der Waals surface area contributed by atoms with Crippen molar-refractivity contribution in [1.29, 1.82) is 0 Å². The van der Waals surface area contributed by atoms with Gasteiger partial charge in [-0.1, -0.05) is 50.3 Å². The molecule has 0 saturated carbocycles. The minimum atomic E-state index is -0.928. The van der Waals surface area contributed by atoms with Crippen LogP contribution in [0.2, 0.25) is 0 Å². The molecule has 0 aliphatic heterocycles. The molecular weight excluding hydrogens is 400 g/mol. The summed E-state index contributed by atoms with van der Waals surface area (Å²) in [5, 5.41) is 11.9. The van der Waals surface area contributed by atoms with Crippen LogP contribution in [0.4, 0.5) is 0 Å². The monoisotopic (exact) mass is 434 g/mol. The summed E-state index contributed by atoms with van der Waals surface area (Å²) in [6, 6.07) is 8.33. The average Bonchev–Trinajstić information content (AvgIpc) is 2.75. The first kappa shape index (κ1) is 26.3. The molecule has 8 nitrogen and oxygen atoms in total. The van der Waals surface area contributed by atoms with Gasteiger partial charge in [-0.05, 0) is 24.3 Å². The van der Waals surface area contributed by atoms with Crippen molar-refractivity contribution in [2.45, 2.75) is 39.2 Å². The standard InChI is InChI=1S/C23H34N2O6/c1-5-9-18(22(27)25-29)19(14-16(2)3)21(26)24-20(23(28)31-13-12-30-4)15-17-10-7-6-8-11-17/h5-8,10-11,16,18-20,29H,1,9,12-15H2,2-4H3,(H,24,26)(H,25,27)/t18-,19+,20-/m0/s1. The van der Waals surface area contributed by atoms with E-state index < -0.39 is 35.7 Å².